The molecule has 3 rings (SSSR count). The standard InChI is InChI=1S/C21H22Cl2N4O4S/c1-14(28)25-20-12-15(4-6-24-20)16-9-17(11-18(23)10-16)19-13-26(32(2,30)31)7-8-27(19)21(29)3-5-22/h3-6,9-12,19H,7-8,13H2,1-2H3,(H,24,25,28). The predicted molar refractivity (Wildman–Crippen MR) is 125 cm³/mol. The molecule has 1 unspecified atom stereocenters. The zero-order valence-corrected chi connectivity index (χ0v) is 19.8. The van der Waals surface area contributed by atoms with Crippen LogP contribution in [-0.2, 0) is 19.6 Å². The Balaban J connectivity index is 2.04. The molecule has 0 saturated carbocycles. The summed E-state index contributed by atoms with van der Waals surface area (Å²) in [4.78, 5) is 29.7. The van der Waals surface area contributed by atoms with E-state index in [-0.39, 0.29) is 31.4 Å². The van der Waals surface area contributed by atoms with Gasteiger partial charge in [-0.3, -0.25) is 9.59 Å². The van der Waals surface area contributed by atoms with E-state index in [1.54, 1.807) is 35.4 Å². The first-order chi connectivity index (χ1) is 15.1. The highest BCUT2D eigenvalue weighted by Crippen LogP contribution is 2.33. The number of hydrogen-bond donors (Lipinski definition) is 1. The van der Waals surface area contributed by atoms with E-state index in [0.717, 1.165) is 22.9 Å². The Bertz CT molecular complexity index is 1170. The molecule has 1 aromatic heterocycles. The molecule has 1 aliphatic rings. The van der Waals surface area contributed by atoms with E-state index in [1.807, 2.05) is 6.07 Å². The molecule has 1 aromatic carbocycles. The van der Waals surface area contributed by atoms with Gasteiger partial charge in [-0.05, 0) is 47.0 Å². The Labute approximate surface area is 196 Å². The van der Waals surface area contributed by atoms with E-state index in [4.69, 9.17) is 23.2 Å². The van der Waals surface area contributed by atoms with Crippen molar-refractivity contribution in [3.8, 4) is 11.1 Å². The van der Waals surface area contributed by atoms with Crippen molar-refractivity contribution in [3.63, 3.8) is 0 Å². The second kappa shape index (κ2) is 9.99. The maximum Gasteiger partial charge on any atom is 0.248 e. The largest absolute Gasteiger partial charge is 0.329 e. The van der Waals surface area contributed by atoms with Gasteiger partial charge in [-0.1, -0.05) is 23.2 Å². The number of aromatic nitrogens is 1. The number of amides is 2. The molecule has 1 fully saturated rings. The van der Waals surface area contributed by atoms with Crippen molar-refractivity contribution in [1.29, 1.82) is 0 Å². The predicted octanol–water partition coefficient (Wildman–Crippen LogP) is 3.26. The van der Waals surface area contributed by atoms with Crippen LogP contribution in [0.4, 0.5) is 5.82 Å². The van der Waals surface area contributed by atoms with E-state index < -0.39 is 16.1 Å². The lowest BCUT2D eigenvalue weighted by Crippen LogP contribution is -2.51. The summed E-state index contributed by atoms with van der Waals surface area (Å²) in [5, 5.41) is 3.06. The summed E-state index contributed by atoms with van der Waals surface area (Å²) in [6, 6.07) is 8.22. The van der Waals surface area contributed by atoms with Crippen LogP contribution in [0.5, 0.6) is 0 Å². The van der Waals surface area contributed by atoms with Crippen LogP contribution in [0.25, 0.3) is 11.1 Å². The lowest BCUT2D eigenvalue weighted by Gasteiger charge is -2.40. The maximum atomic E-state index is 12.6. The van der Waals surface area contributed by atoms with Gasteiger partial charge in [-0.15, -0.1) is 0 Å². The number of nitrogens with one attached hydrogen (secondary N) is 1. The van der Waals surface area contributed by atoms with Crippen molar-refractivity contribution in [3.05, 3.63) is 58.7 Å². The molecule has 8 nitrogen and oxygen atoms in total. The highest BCUT2D eigenvalue weighted by Gasteiger charge is 2.34. The van der Waals surface area contributed by atoms with Gasteiger partial charge < -0.3 is 10.2 Å². The molecule has 0 radical (unpaired) electrons. The smallest absolute Gasteiger partial charge is 0.248 e. The van der Waals surface area contributed by atoms with Gasteiger partial charge in [0.15, 0.2) is 0 Å². The van der Waals surface area contributed by atoms with Crippen molar-refractivity contribution in [2.75, 3.05) is 31.2 Å². The van der Waals surface area contributed by atoms with Gasteiger partial charge in [0.1, 0.15) is 5.82 Å². The molecular formula is C21H22Cl2N4O4S. The molecule has 170 valence electrons. The van der Waals surface area contributed by atoms with Crippen molar-refractivity contribution in [1.82, 2.24) is 14.2 Å². The van der Waals surface area contributed by atoms with Gasteiger partial charge in [0.25, 0.3) is 0 Å². The lowest BCUT2D eigenvalue weighted by molar-refractivity contribution is -0.130. The molecule has 1 atom stereocenters. The molecule has 1 saturated heterocycles. The monoisotopic (exact) mass is 496 g/mol. The van der Waals surface area contributed by atoms with Crippen LogP contribution < -0.4 is 5.32 Å². The molecule has 2 amide bonds. The van der Waals surface area contributed by atoms with Gasteiger partial charge in [-0.2, -0.15) is 4.31 Å². The number of sulfonamides is 1. The Morgan fingerprint density at radius 1 is 1.19 bits per heavy atom. The zero-order chi connectivity index (χ0) is 23.5. The van der Waals surface area contributed by atoms with E-state index in [9.17, 15) is 18.0 Å². The third kappa shape index (κ3) is 5.86. The van der Waals surface area contributed by atoms with E-state index >= 15 is 0 Å². The third-order valence-electron chi connectivity index (χ3n) is 5.00. The van der Waals surface area contributed by atoms with Crippen LogP contribution >= 0.6 is 23.2 Å². The van der Waals surface area contributed by atoms with Crippen molar-refractivity contribution >= 4 is 50.9 Å². The highest BCUT2D eigenvalue weighted by atomic mass is 35.5. The number of carbonyl (C=O) groups is 2. The number of carbonyl (C=O) groups excluding carboxylic acids is 2. The lowest BCUT2D eigenvalue weighted by atomic mass is 9.97. The first-order valence-corrected chi connectivity index (χ1v) is 12.3. The maximum absolute atomic E-state index is 12.6. The molecule has 11 heteroatoms. The number of benzene rings is 1. The quantitative estimate of drug-likeness (QED) is 0.640. The summed E-state index contributed by atoms with van der Waals surface area (Å²) in [7, 11) is -3.45. The number of piperazine rings is 1. The van der Waals surface area contributed by atoms with Crippen molar-refractivity contribution in [2.24, 2.45) is 0 Å². The Kier molecular flexibility index (Phi) is 7.55. The molecule has 0 aliphatic carbocycles. The first-order valence-electron chi connectivity index (χ1n) is 9.65. The number of anilines is 1. The fourth-order valence-corrected chi connectivity index (χ4v) is 4.76. The van der Waals surface area contributed by atoms with Gasteiger partial charge in [0.05, 0.1) is 12.3 Å². The first kappa shape index (κ1) is 24.2. The summed E-state index contributed by atoms with van der Waals surface area (Å²) in [6.07, 6.45) is 3.94. The topological polar surface area (TPSA) is 99.7 Å². The van der Waals surface area contributed by atoms with Crippen LogP contribution in [-0.4, -0.2) is 60.3 Å². The molecule has 0 bridgehead atoms. The summed E-state index contributed by atoms with van der Waals surface area (Å²) in [5.41, 5.74) is 3.29. The Morgan fingerprint density at radius 3 is 2.59 bits per heavy atom. The highest BCUT2D eigenvalue weighted by molar-refractivity contribution is 7.88. The Hall–Kier alpha value is -2.46. The minimum absolute atomic E-state index is 0.0912. The fourth-order valence-electron chi connectivity index (χ4n) is 3.59. The third-order valence-corrected chi connectivity index (χ3v) is 6.62. The van der Waals surface area contributed by atoms with Crippen LogP contribution in [0.3, 0.4) is 0 Å². The number of nitrogens with zero attached hydrogens (tertiary/aromatic N) is 3. The van der Waals surface area contributed by atoms with Crippen LogP contribution in [0, 0.1) is 0 Å². The fraction of sp³-hybridized carbons (Fsp3) is 0.286. The summed E-state index contributed by atoms with van der Waals surface area (Å²) >= 11 is 12.0. The van der Waals surface area contributed by atoms with E-state index in [0.29, 0.717) is 16.4 Å². The SMILES string of the molecule is CC(=O)Nc1cc(-c2cc(Cl)cc(C3CN(S(C)(=O)=O)CCN3C(=O)C=CCl)c2)ccn1. The molecule has 32 heavy (non-hydrogen) atoms. The number of pyridine rings is 1. The van der Waals surface area contributed by atoms with Gasteiger partial charge >= 0.3 is 0 Å². The van der Waals surface area contributed by atoms with E-state index in [2.05, 4.69) is 10.3 Å². The number of halogens is 2. The molecule has 0 spiro atoms. The molecule has 1 N–H and O–H groups in total. The summed E-state index contributed by atoms with van der Waals surface area (Å²) < 4.78 is 25.7. The normalized spacial score (nSPS) is 17.5. The number of rotatable bonds is 5. The second-order valence-corrected chi connectivity index (χ2v) is 10.0. The van der Waals surface area contributed by atoms with E-state index in [1.165, 1.54) is 17.3 Å². The summed E-state index contributed by atoms with van der Waals surface area (Å²) in [6.45, 7) is 1.88. The van der Waals surface area contributed by atoms with Crippen LogP contribution in [0.15, 0.2) is 48.1 Å². The average molecular weight is 497 g/mol. The molecule has 2 heterocycles. The zero-order valence-electron chi connectivity index (χ0n) is 17.5. The second-order valence-electron chi connectivity index (χ2n) is 7.35. The Morgan fingerprint density at radius 2 is 1.94 bits per heavy atom. The van der Waals surface area contributed by atoms with Crippen molar-refractivity contribution in [2.45, 2.75) is 13.0 Å². The van der Waals surface area contributed by atoms with Crippen molar-refractivity contribution < 1.29 is 18.0 Å². The minimum Gasteiger partial charge on any atom is -0.329 e. The summed E-state index contributed by atoms with van der Waals surface area (Å²) in [5.74, 6) is -0.177. The van der Waals surface area contributed by atoms with Crippen LogP contribution in [0.1, 0.15) is 18.5 Å². The van der Waals surface area contributed by atoms with Gasteiger partial charge in [0.2, 0.25) is 21.8 Å². The molecule has 1 aliphatic heterocycles. The van der Waals surface area contributed by atoms with Gasteiger partial charge in [-0.25, -0.2) is 13.4 Å². The van der Waals surface area contributed by atoms with Gasteiger partial charge in [0, 0.05) is 49.4 Å². The molecular weight excluding hydrogens is 475 g/mol. The minimum atomic E-state index is -3.45. The van der Waals surface area contributed by atoms with Crippen LogP contribution in [0.2, 0.25) is 5.02 Å². The number of hydrogen-bond acceptors (Lipinski definition) is 5. The molecule has 2 aromatic rings. The average Bonchev–Trinajstić information content (AvgIpc) is 2.72.